The zero-order chi connectivity index (χ0) is 15.9. The lowest BCUT2D eigenvalue weighted by Gasteiger charge is -2.31. The molecule has 118 valence electrons. The van der Waals surface area contributed by atoms with Crippen molar-refractivity contribution in [2.24, 2.45) is 0 Å². The summed E-state index contributed by atoms with van der Waals surface area (Å²) in [6.45, 7) is -0.233. The van der Waals surface area contributed by atoms with Crippen molar-refractivity contribution in [1.82, 2.24) is 0 Å². The van der Waals surface area contributed by atoms with E-state index in [9.17, 15) is 15.0 Å². The minimum absolute atomic E-state index is 0.0831. The number of ether oxygens (including phenoxy) is 3. The first-order valence-corrected chi connectivity index (χ1v) is 7.01. The molecule has 0 radical (unpaired) electrons. The van der Waals surface area contributed by atoms with Crippen molar-refractivity contribution in [3.63, 3.8) is 0 Å². The number of hydrogen-bond acceptors (Lipinski definition) is 6. The molecule has 6 heteroatoms. The fourth-order valence-corrected chi connectivity index (χ4v) is 3.20. The molecule has 1 aromatic rings. The van der Waals surface area contributed by atoms with E-state index in [0.717, 1.165) is 5.56 Å². The van der Waals surface area contributed by atoms with Gasteiger partial charge in [-0.1, -0.05) is 0 Å². The number of aliphatic hydroxyl groups excluding tert-OH is 1. The van der Waals surface area contributed by atoms with Crippen LogP contribution in [0.25, 0.3) is 0 Å². The second-order valence-electron chi connectivity index (χ2n) is 5.52. The topological polar surface area (TPSA) is 85.2 Å². The van der Waals surface area contributed by atoms with Crippen LogP contribution in [0, 0.1) is 0 Å². The van der Waals surface area contributed by atoms with Gasteiger partial charge in [0.25, 0.3) is 0 Å². The number of benzene rings is 1. The van der Waals surface area contributed by atoms with Gasteiger partial charge in [-0.15, -0.1) is 0 Å². The lowest BCUT2D eigenvalue weighted by Crippen LogP contribution is -2.39. The van der Waals surface area contributed by atoms with Crippen LogP contribution in [0.15, 0.2) is 24.3 Å². The minimum Gasteiger partial charge on any atom is -0.502 e. The average molecular weight is 306 g/mol. The number of fused-ring (bicyclic) bond motifs is 2. The molecule has 0 aromatic heterocycles. The van der Waals surface area contributed by atoms with E-state index in [2.05, 4.69) is 0 Å². The Morgan fingerprint density at radius 1 is 1.32 bits per heavy atom. The normalized spacial score (nSPS) is 29.7. The van der Waals surface area contributed by atoms with Crippen LogP contribution >= 0.6 is 0 Å². The van der Waals surface area contributed by atoms with Gasteiger partial charge in [-0.3, -0.25) is 4.79 Å². The van der Waals surface area contributed by atoms with Crippen LogP contribution in [-0.2, 0) is 9.53 Å². The van der Waals surface area contributed by atoms with Crippen molar-refractivity contribution in [1.29, 1.82) is 0 Å². The molecule has 0 spiro atoms. The Bertz CT molecular complexity index is 613. The highest BCUT2D eigenvalue weighted by atomic mass is 16.5. The summed E-state index contributed by atoms with van der Waals surface area (Å²) < 4.78 is 16.1. The molecule has 0 saturated carbocycles. The van der Waals surface area contributed by atoms with Crippen molar-refractivity contribution in [2.45, 2.75) is 24.0 Å². The first kappa shape index (κ1) is 14.9. The number of phenolic OH excluding ortho intramolecular Hbond substituents is 1. The number of rotatable bonds is 4. The van der Waals surface area contributed by atoms with E-state index in [4.69, 9.17) is 14.2 Å². The standard InChI is InChI=1S/C16H18O6/c1-20-13-5-9(6-14(21-2)15(13)19)10-7-12-11(18)3-4-16(10,8-17)22-12/h3-6,10,12,17,19H,7-8H2,1-2H3/t10-,12+,16-/m1/s1. The molecule has 1 aromatic carbocycles. The quantitative estimate of drug-likeness (QED) is 0.868. The van der Waals surface area contributed by atoms with E-state index >= 15 is 0 Å². The minimum atomic E-state index is -0.925. The van der Waals surface area contributed by atoms with E-state index in [0.29, 0.717) is 6.42 Å². The molecule has 0 unspecified atom stereocenters. The second-order valence-corrected chi connectivity index (χ2v) is 5.52. The zero-order valence-corrected chi connectivity index (χ0v) is 12.4. The van der Waals surface area contributed by atoms with E-state index in [-0.39, 0.29) is 35.6 Å². The van der Waals surface area contributed by atoms with Gasteiger partial charge in [0.15, 0.2) is 17.3 Å². The Labute approximate surface area is 127 Å². The Balaban J connectivity index is 2.08. The van der Waals surface area contributed by atoms with Crippen molar-refractivity contribution in [2.75, 3.05) is 20.8 Å². The van der Waals surface area contributed by atoms with Crippen LogP contribution < -0.4 is 9.47 Å². The summed E-state index contributed by atoms with van der Waals surface area (Å²) in [5.74, 6) is 0.150. The lowest BCUT2D eigenvalue weighted by molar-refractivity contribution is -0.132. The number of carbonyl (C=O) groups is 1. The van der Waals surface area contributed by atoms with Crippen LogP contribution in [0.2, 0.25) is 0 Å². The number of aliphatic hydroxyl groups is 1. The monoisotopic (exact) mass is 306 g/mol. The van der Waals surface area contributed by atoms with Crippen molar-refractivity contribution in [3.8, 4) is 17.2 Å². The van der Waals surface area contributed by atoms with Gasteiger partial charge in [-0.05, 0) is 36.3 Å². The highest BCUT2D eigenvalue weighted by Gasteiger charge is 2.51. The van der Waals surface area contributed by atoms with Crippen molar-refractivity contribution < 1.29 is 29.2 Å². The fourth-order valence-electron chi connectivity index (χ4n) is 3.20. The van der Waals surface area contributed by atoms with E-state index in [1.165, 1.54) is 20.3 Å². The van der Waals surface area contributed by atoms with E-state index in [1.807, 2.05) is 0 Å². The van der Waals surface area contributed by atoms with Gasteiger partial charge in [0.2, 0.25) is 5.75 Å². The zero-order valence-electron chi connectivity index (χ0n) is 12.4. The summed E-state index contributed by atoms with van der Waals surface area (Å²) in [6.07, 6.45) is 3.01. The predicted molar refractivity (Wildman–Crippen MR) is 77.4 cm³/mol. The van der Waals surface area contributed by atoms with Crippen LogP contribution in [0.1, 0.15) is 17.9 Å². The van der Waals surface area contributed by atoms with Gasteiger partial charge in [0.05, 0.1) is 20.8 Å². The highest BCUT2D eigenvalue weighted by Crippen LogP contribution is 2.49. The van der Waals surface area contributed by atoms with Crippen LogP contribution in [-0.4, -0.2) is 48.5 Å². The molecule has 22 heavy (non-hydrogen) atoms. The summed E-state index contributed by atoms with van der Waals surface area (Å²) in [6, 6.07) is 3.37. The molecule has 1 saturated heterocycles. The number of phenols is 1. The molecule has 1 fully saturated rings. The highest BCUT2D eigenvalue weighted by molar-refractivity contribution is 5.95. The molecule has 6 nitrogen and oxygen atoms in total. The Morgan fingerprint density at radius 2 is 1.95 bits per heavy atom. The van der Waals surface area contributed by atoms with Gasteiger partial charge in [0.1, 0.15) is 11.7 Å². The van der Waals surface area contributed by atoms with Crippen molar-refractivity contribution >= 4 is 5.78 Å². The largest absolute Gasteiger partial charge is 0.502 e. The van der Waals surface area contributed by atoms with Crippen LogP contribution in [0.3, 0.4) is 0 Å². The Kier molecular flexibility index (Phi) is 3.58. The molecule has 3 rings (SSSR count). The van der Waals surface area contributed by atoms with Crippen LogP contribution in [0.4, 0.5) is 0 Å². The number of methoxy groups -OCH3 is 2. The predicted octanol–water partition coefficient (Wildman–Crippen LogP) is 1.15. The molecule has 2 aliphatic heterocycles. The third-order valence-corrected chi connectivity index (χ3v) is 4.40. The summed E-state index contributed by atoms with van der Waals surface area (Å²) >= 11 is 0. The Morgan fingerprint density at radius 3 is 2.50 bits per heavy atom. The van der Waals surface area contributed by atoms with Gasteiger partial charge in [-0.2, -0.15) is 0 Å². The SMILES string of the molecule is COc1cc([C@H]2C[C@@H]3O[C@@]2(CO)C=CC3=O)cc(OC)c1O. The summed E-state index contributed by atoms with van der Waals surface area (Å²) in [4.78, 5) is 11.8. The third kappa shape index (κ3) is 2.07. The first-order valence-electron chi connectivity index (χ1n) is 7.01. The summed E-state index contributed by atoms with van der Waals surface area (Å²) in [7, 11) is 2.90. The molecule has 0 aliphatic carbocycles. The van der Waals surface area contributed by atoms with E-state index in [1.54, 1.807) is 18.2 Å². The van der Waals surface area contributed by atoms with Gasteiger partial charge in [-0.25, -0.2) is 0 Å². The molecular weight excluding hydrogens is 288 g/mol. The Hall–Kier alpha value is -2.05. The second kappa shape index (κ2) is 5.30. The summed E-state index contributed by atoms with van der Waals surface area (Å²) in [5.41, 5.74) is -0.145. The number of aromatic hydroxyl groups is 1. The fraction of sp³-hybridized carbons (Fsp3) is 0.438. The third-order valence-electron chi connectivity index (χ3n) is 4.40. The molecule has 2 bridgehead atoms. The maximum atomic E-state index is 11.8. The van der Waals surface area contributed by atoms with E-state index < -0.39 is 11.7 Å². The van der Waals surface area contributed by atoms with Crippen molar-refractivity contribution in [3.05, 3.63) is 29.8 Å². The molecule has 3 atom stereocenters. The maximum absolute atomic E-state index is 11.8. The average Bonchev–Trinajstić information content (AvgIpc) is 2.87. The number of hydrogen-bond donors (Lipinski definition) is 2. The maximum Gasteiger partial charge on any atom is 0.200 e. The van der Waals surface area contributed by atoms with Gasteiger partial charge < -0.3 is 24.4 Å². The van der Waals surface area contributed by atoms with Gasteiger partial charge >= 0.3 is 0 Å². The first-order chi connectivity index (χ1) is 10.5. The molecule has 2 heterocycles. The molecule has 2 N–H and O–H groups in total. The number of carbonyl (C=O) groups excluding carboxylic acids is 1. The lowest BCUT2D eigenvalue weighted by atomic mass is 9.82. The molecule has 2 aliphatic rings. The number of ketones is 1. The smallest absolute Gasteiger partial charge is 0.200 e. The summed E-state index contributed by atoms with van der Waals surface area (Å²) in [5, 5.41) is 19.8. The van der Waals surface area contributed by atoms with Crippen LogP contribution in [0.5, 0.6) is 17.2 Å². The molecular formula is C16H18O6. The van der Waals surface area contributed by atoms with Gasteiger partial charge in [0, 0.05) is 5.92 Å². The molecule has 0 amide bonds.